The Morgan fingerprint density at radius 1 is 1.52 bits per heavy atom. The van der Waals surface area contributed by atoms with Gasteiger partial charge in [0.15, 0.2) is 0 Å². The van der Waals surface area contributed by atoms with E-state index in [0.717, 1.165) is 12.2 Å². The normalized spacial score (nSPS) is 13.2. The first-order valence-electron chi connectivity index (χ1n) is 7.21. The van der Waals surface area contributed by atoms with E-state index in [4.69, 9.17) is 14.9 Å². The van der Waals surface area contributed by atoms with Crippen LogP contribution in [0.3, 0.4) is 0 Å². The van der Waals surface area contributed by atoms with Crippen LogP contribution in [0.25, 0.3) is 0 Å². The number of nitrogens with one attached hydrogen (secondary N) is 1. The first kappa shape index (κ1) is 17.5. The highest BCUT2D eigenvalue weighted by Crippen LogP contribution is 2.09. The van der Waals surface area contributed by atoms with Gasteiger partial charge >= 0.3 is 6.09 Å². The lowest BCUT2D eigenvalue weighted by Gasteiger charge is -2.26. The number of nitrogens with two attached hydrogens (primary N) is 1. The van der Waals surface area contributed by atoms with Crippen LogP contribution in [0, 0.1) is 0 Å². The highest BCUT2D eigenvalue weighted by Gasteiger charge is 2.17. The molecule has 0 bridgehead atoms. The van der Waals surface area contributed by atoms with Crippen LogP contribution < -0.4 is 11.1 Å². The van der Waals surface area contributed by atoms with Gasteiger partial charge in [-0.25, -0.2) is 4.79 Å². The molecular formula is C15H27N3O3. The van der Waals surface area contributed by atoms with Gasteiger partial charge in [-0.05, 0) is 46.4 Å². The van der Waals surface area contributed by atoms with Gasteiger partial charge in [-0.2, -0.15) is 0 Å². The fourth-order valence-corrected chi connectivity index (χ4v) is 1.95. The Hall–Kier alpha value is -1.53. The molecule has 0 spiro atoms. The second-order valence-electron chi connectivity index (χ2n) is 6.10. The van der Waals surface area contributed by atoms with Gasteiger partial charge in [-0.15, -0.1) is 0 Å². The quantitative estimate of drug-likeness (QED) is 0.804. The van der Waals surface area contributed by atoms with Gasteiger partial charge in [0.1, 0.15) is 11.4 Å². The number of hydrogen-bond donors (Lipinski definition) is 2. The minimum Gasteiger partial charge on any atom is -0.468 e. The van der Waals surface area contributed by atoms with Crippen molar-refractivity contribution in [3.05, 3.63) is 24.2 Å². The third kappa shape index (κ3) is 7.15. The second kappa shape index (κ2) is 8.05. The lowest BCUT2D eigenvalue weighted by atomic mass is 10.1. The van der Waals surface area contributed by atoms with Crippen molar-refractivity contribution in [1.29, 1.82) is 0 Å². The molecule has 0 saturated heterocycles. The molecule has 6 heteroatoms. The van der Waals surface area contributed by atoms with Gasteiger partial charge in [-0.3, -0.25) is 4.90 Å². The highest BCUT2D eigenvalue weighted by atomic mass is 16.6. The topological polar surface area (TPSA) is 80.7 Å². The highest BCUT2D eigenvalue weighted by molar-refractivity contribution is 5.67. The van der Waals surface area contributed by atoms with Gasteiger partial charge in [0, 0.05) is 19.1 Å². The zero-order chi connectivity index (χ0) is 15.9. The number of rotatable bonds is 7. The summed E-state index contributed by atoms with van der Waals surface area (Å²) in [6, 6.07) is 3.97. The molecule has 0 aliphatic heterocycles. The van der Waals surface area contributed by atoms with Crippen LogP contribution in [0.1, 0.15) is 33.0 Å². The number of likely N-dealkylation sites (N-methyl/N-ethyl adjacent to an activating group) is 1. The number of carbonyl (C=O) groups excluding carboxylic acids is 1. The first-order valence-corrected chi connectivity index (χ1v) is 7.21. The van der Waals surface area contributed by atoms with Crippen molar-refractivity contribution in [2.45, 2.75) is 45.4 Å². The molecule has 6 nitrogen and oxygen atoms in total. The molecule has 0 aliphatic rings. The van der Waals surface area contributed by atoms with Crippen molar-refractivity contribution in [1.82, 2.24) is 10.2 Å². The van der Waals surface area contributed by atoms with Crippen LogP contribution in [-0.2, 0) is 11.3 Å². The van der Waals surface area contributed by atoms with E-state index in [-0.39, 0.29) is 6.04 Å². The smallest absolute Gasteiger partial charge is 0.407 e. The molecule has 0 saturated carbocycles. The Labute approximate surface area is 126 Å². The van der Waals surface area contributed by atoms with Crippen LogP contribution in [0.15, 0.2) is 22.8 Å². The van der Waals surface area contributed by atoms with Crippen LogP contribution >= 0.6 is 0 Å². The molecule has 1 atom stereocenters. The van der Waals surface area contributed by atoms with Crippen molar-refractivity contribution >= 4 is 6.09 Å². The molecule has 1 aromatic rings. The third-order valence-corrected chi connectivity index (χ3v) is 3.03. The maximum atomic E-state index is 11.6. The van der Waals surface area contributed by atoms with E-state index < -0.39 is 11.7 Å². The molecule has 120 valence electrons. The molecule has 0 aromatic carbocycles. The first-order chi connectivity index (χ1) is 9.81. The molecule has 1 heterocycles. The van der Waals surface area contributed by atoms with Crippen molar-refractivity contribution in [3.8, 4) is 0 Å². The average Bonchev–Trinajstić information content (AvgIpc) is 2.85. The zero-order valence-electron chi connectivity index (χ0n) is 13.4. The number of ether oxygens (including phenoxy) is 1. The monoisotopic (exact) mass is 297 g/mol. The summed E-state index contributed by atoms with van der Waals surface area (Å²) < 4.78 is 10.5. The Kier molecular flexibility index (Phi) is 6.71. The third-order valence-electron chi connectivity index (χ3n) is 3.03. The summed E-state index contributed by atoms with van der Waals surface area (Å²) in [6.45, 7) is 7.26. The summed E-state index contributed by atoms with van der Waals surface area (Å²) in [4.78, 5) is 13.7. The number of amides is 1. The SMILES string of the molecule is CN(Cc1ccco1)C(CN)CCNC(=O)OC(C)(C)C. The zero-order valence-corrected chi connectivity index (χ0v) is 13.4. The summed E-state index contributed by atoms with van der Waals surface area (Å²) in [5.41, 5.74) is 5.33. The summed E-state index contributed by atoms with van der Waals surface area (Å²) in [7, 11) is 1.99. The number of carbonyl (C=O) groups is 1. The van der Waals surface area contributed by atoms with E-state index in [2.05, 4.69) is 10.2 Å². The molecule has 3 N–H and O–H groups in total. The summed E-state index contributed by atoms with van der Waals surface area (Å²) in [5.74, 6) is 0.899. The standard InChI is InChI=1S/C15H27N3O3/c1-15(2,3)21-14(19)17-8-7-12(10-16)18(4)11-13-6-5-9-20-13/h5-6,9,12H,7-8,10-11,16H2,1-4H3,(H,17,19). The Morgan fingerprint density at radius 2 is 2.24 bits per heavy atom. The lowest BCUT2D eigenvalue weighted by Crippen LogP contribution is -2.41. The Balaban J connectivity index is 2.32. The Morgan fingerprint density at radius 3 is 2.76 bits per heavy atom. The molecule has 1 unspecified atom stereocenters. The molecular weight excluding hydrogens is 270 g/mol. The second-order valence-corrected chi connectivity index (χ2v) is 6.10. The lowest BCUT2D eigenvalue weighted by molar-refractivity contribution is 0.0522. The Bertz CT molecular complexity index is 412. The molecule has 1 aromatic heterocycles. The molecule has 1 amide bonds. The van der Waals surface area contributed by atoms with Crippen molar-refractivity contribution in [2.24, 2.45) is 5.73 Å². The van der Waals surface area contributed by atoms with Gasteiger partial charge in [0.2, 0.25) is 0 Å². The number of alkyl carbamates (subject to hydrolysis) is 1. The minimum atomic E-state index is -0.479. The largest absolute Gasteiger partial charge is 0.468 e. The van der Waals surface area contributed by atoms with E-state index in [1.54, 1.807) is 6.26 Å². The average molecular weight is 297 g/mol. The summed E-state index contributed by atoms with van der Waals surface area (Å²) in [5, 5.41) is 2.75. The van der Waals surface area contributed by atoms with E-state index in [0.29, 0.717) is 19.6 Å². The van der Waals surface area contributed by atoms with E-state index in [1.807, 2.05) is 40.0 Å². The fraction of sp³-hybridized carbons (Fsp3) is 0.667. The van der Waals surface area contributed by atoms with Gasteiger partial charge in [0.05, 0.1) is 12.8 Å². The molecule has 1 rings (SSSR count). The summed E-state index contributed by atoms with van der Waals surface area (Å²) in [6.07, 6.45) is 2.02. The van der Waals surface area contributed by atoms with Crippen LogP contribution in [-0.4, -0.2) is 42.8 Å². The van der Waals surface area contributed by atoms with Crippen molar-refractivity contribution in [3.63, 3.8) is 0 Å². The fourth-order valence-electron chi connectivity index (χ4n) is 1.95. The number of nitrogens with zero attached hydrogens (tertiary/aromatic N) is 1. The maximum absolute atomic E-state index is 11.6. The molecule has 0 aliphatic carbocycles. The van der Waals surface area contributed by atoms with Gasteiger partial charge < -0.3 is 20.2 Å². The number of furan rings is 1. The minimum absolute atomic E-state index is 0.171. The van der Waals surface area contributed by atoms with Crippen LogP contribution in [0.5, 0.6) is 0 Å². The van der Waals surface area contributed by atoms with E-state index in [1.165, 1.54) is 0 Å². The van der Waals surface area contributed by atoms with Crippen LogP contribution in [0.2, 0.25) is 0 Å². The van der Waals surface area contributed by atoms with E-state index in [9.17, 15) is 4.79 Å². The molecule has 21 heavy (non-hydrogen) atoms. The van der Waals surface area contributed by atoms with E-state index >= 15 is 0 Å². The van der Waals surface area contributed by atoms with Gasteiger partial charge in [0.25, 0.3) is 0 Å². The molecule has 0 radical (unpaired) electrons. The predicted octanol–water partition coefficient (Wildman–Crippen LogP) is 1.95. The summed E-state index contributed by atoms with van der Waals surface area (Å²) >= 11 is 0. The number of hydrogen-bond acceptors (Lipinski definition) is 5. The van der Waals surface area contributed by atoms with Crippen molar-refractivity contribution in [2.75, 3.05) is 20.1 Å². The van der Waals surface area contributed by atoms with Crippen LogP contribution in [0.4, 0.5) is 4.79 Å². The van der Waals surface area contributed by atoms with Gasteiger partial charge in [-0.1, -0.05) is 0 Å². The molecule has 0 fully saturated rings. The van der Waals surface area contributed by atoms with Crippen molar-refractivity contribution < 1.29 is 13.9 Å². The maximum Gasteiger partial charge on any atom is 0.407 e. The predicted molar refractivity (Wildman–Crippen MR) is 81.9 cm³/mol.